The van der Waals surface area contributed by atoms with Crippen LogP contribution in [0.15, 0.2) is 24.3 Å². The zero-order valence-electron chi connectivity index (χ0n) is 12.7. The summed E-state index contributed by atoms with van der Waals surface area (Å²) in [5, 5.41) is 12.8. The molecule has 0 bridgehead atoms. The van der Waals surface area contributed by atoms with Crippen molar-refractivity contribution in [3.05, 3.63) is 30.1 Å². The molecule has 1 aromatic carbocycles. The number of rotatable bonds is 10. The molecule has 6 heteroatoms. The summed E-state index contributed by atoms with van der Waals surface area (Å²) in [6, 6.07) is 6.29. The van der Waals surface area contributed by atoms with Crippen LogP contribution in [0.4, 0.5) is 4.39 Å². The highest BCUT2D eigenvalue weighted by Crippen LogP contribution is 2.14. The molecule has 5 nitrogen and oxygen atoms in total. The Labute approximate surface area is 130 Å². The normalized spacial score (nSPS) is 19.3. The van der Waals surface area contributed by atoms with Gasteiger partial charge < -0.3 is 24.6 Å². The maximum absolute atomic E-state index is 13.3. The second kappa shape index (κ2) is 9.74. The topological polar surface area (TPSA) is 60.0 Å². The molecule has 0 radical (unpaired) electrons. The van der Waals surface area contributed by atoms with Crippen molar-refractivity contribution in [2.24, 2.45) is 0 Å². The molecule has 2 atom stereocenters. The zero-order chi connectivity index (χ0) is 15.6. The van der Waals surface area contributed by atoms with Gasteiger partial charge in [0.25, 0.3) is 0 Å². The predicted molar refractivity (Wildman–Crippen MR) is 80.6 cm³/mol. The lowest BCUT2D eigenvalue weighted by Crippen LogP contribution is -2.33. The molecule has 1 aliphatic heterocycles. The summed E-state index contributed by atoms with van der Waals surface area (Å²) in [5.41, 5.74) is 0. The quantitative estimate of drug-likeness (QED) is 0.639. The van der Waals surface area contributed by atoms with Gasteiger partial charge >= 0.3 is 0 Å². The van der Waals surface area contributed by atoms with Crippen LogP contribution in [0, 0.1) is 5.82 Å². The molecule has 0 unspecified atom stereocenters. The summed E-state index contributed by atoms with van der Waals surface area (Å²) in [4.78, 5) is 0. The first-order valence-electron chi connectivity index (χ1n) is 7.71. The Morgan fingerprint density at radius 2 is 2.27 bits per heavy atom. The van der Waals surface area contributed by atoms with E-state index >= 15 is 0 Å². The smallest absolute Gasteiger partial charge is 0.165 e. The molecular formula is C16H24FNO4. The molecule has 1 heterocycles. The van der Waals surface area contributed by atoms with Crippen LogP contribution >= 0.6 is 0 Å². The number of halogens is 1. The van der Waals surface area contributed by atoms with Gasteiger partial charge in [-0.15, -0.1) is 0 Å². The fourth-order valence-electron chi connectivity index (χ4n) is 2.23. The Hall–Kier alpha value is -1.21. The Bertz CT molecular complexity index is 426. The molecule has 0 amide bonds. The Kier molecular flexibility index (Phi) is 7.59. The van der Waals surface area contributed by atoms with Gasteiger partial charge in [0.15, 0.2) is 11.6 Å². The van der Waals surface area contributed by atoms with E-state index in [1.807, 2.05) is 0 Å². The lowest BCUT2D eigenvalue weighted by Gasteiger charge is -2.15. The van der Waals surface area contributed by atoms with E-state index in [4.69, 9.17) is 14.2 Å². The van der Waals surface area contributed by atoms with Crippen molar-refractivity contribution < 1.29 is 23.7 Å². The third kappa shape index (κ3) is 6.27. The zero-order valence-corrected chi connectivity index (χ0v) is 12.7. The average Bonchev–Trinajstić information content (AvgIpc) is 3.02. The van der Waals surface area contributed by atoms with E-state index in [0.29, 0.717) is 26.3 Å². The Balaban J connectivity index is 1.46. The second-order valence-corrected chi connectivity index (χ2v) is 5.31. The van der Waals surface area contributed by atoms with Crippen molar-refractivity contribution in [1.82, 2.24) is 5.32 Å². The molecule has 22 heavy (non-hydrogen) atoms. The third-order valence-corrected chi connectivity index (χ3v) is 3.39. The summed E-state index contributed by atoms with van der Waals surface area (Å²) in [5.74, 6) is -0.130. The number of nitrogens with one attached hydrogen (secondary N) is 1. The molecule has 0 spiro atoms. The van der Waals surface area contributed by atoms with Crippen molar-refractivity contribution in [2.75, 3.05) is 39.5 Å². The van der Waals surface area contributed by atoms with Crippen LogP contribution < -0.4 is 10.1 Å². The standard InChI is InChI=1S/C16H24FNO4/c17-15-5-1-2-6-16(15)22-9-7-18-10-13(19)11-20-12-14-4-3-8-21-14/h1-2,5-6,13-14,18-19H,3-4,7-12H2/t13-,14+/m0/s1. The highest BCUT2D eigenvalue weighted by Gasteiger charge is 2.16. The monoisotopic (exact) mass is 313 g/mol. The second-order valence-electron chi connectivity index (χ2n) is 5.31. The largest absolute Gasteiger partial charge is 0.489 e. The van der Waals surface area contributed by atoms with Gasteiger partial charge in [-0.25, -0.2) is 4.39 Å². The molecule has 0 saturated carbocycles. The van der Waals surface area contributed by atoms with E-state index in [0.717, 1.165) is 19.4 Å². The minimum atomic E-state index is -0.574. The van der Waals surface area contributed by atoms with Crippen LogP contribution in [0.1, 0.15) is 12.8 Å². The molecule has 124 valence electrons. The molecule has 1 fully saturated rings. The van der Waals surface area contributed by atoms with Gasteiger partial charge in [-0.2, -0.15) is 0 Å². The fourth-order valence-corrected chi connectivity index (χ4v) is 2.23. The summed E-state index contributed by atoms with van der Waals surface area (Å²) in [7, 11) is 0. The lowest BCUT2D eigenvalue weighted by molar-refractivity contribution is -0.0164. The summed E-state index contributed by atoms with van der Waals surface area (Å²) >= 11 is 0. The molecule has 1 aromatic rings. The first-order valence-corrected chi connectivity index (χ1v) is 7.71. The Morgan fingerprint density at radius 1 is 1.41 bits per heavy atom. The minimum Gasteiger partial charge on any atom is -0.489 e. The lowest BCUT2D eigenvalue weighted by atomic mass is 10.2. The van der Waals surface area contributed by atoms with Crippen LogP contribution in [0.25, 0.3) is 0 Å². The number of para-hydroxylation sites is 1. The average molecular weight is 313 g/mol. The maximum atomic E-state index is 13.3. The molecule has 2 rings (SSSR count). The minimum absolute atomic E-state index is 0.175. The van der Waals surface area contributed by atoms with Crippen molar-refractivity contribution in [3.8, 4) is 5.75 Å². The number of hydrogen-bond donors (Lipinski definition) is 2. The van der Waals surface area contributed by atoms with E-state index in [1.54, 1.807) is 18.2 Å². The number of aliphatic hydroxyl groups excluding tert-OH is 1. The number of ether oxygens (including phenoxy) is 3. The number of hydrogen-bond acceptors (Lipinski definition) is 5. The van der Waals surface area contributed by atoms with Crippen LogP contribution in [0.3, 0.4) is 0 Å². The van der Waals surface area contributed by atoms with Crippen molar-refractivity contribution in [1.29, 1.82) is 0 Å². The maximum Gasteiger partial charge on any atom is 0.165 e. The number of aliphatic hydroxyl groups is 1. The van der Waals surface area contributed by atoms with E-state index < -0.39 is 6.10 Å². The first-order chi connectivity index (χ1) is 10.8. The third-order valence-electron chi connectivity index (χ3n) is 3.39. The summed E-state index contributed by atoms with van der Waals surface area (Å²) in [6.45, 7) is 2.89. The van der Waals surface area contributed by atoms with Crippen molar-refractivity contribution in [3.63, 3.8) is 0 Å². The highest BCUT2D eigenvalue weighted by molar-refractivity contribution is 5.23. The van der Waals surface area contributed by atoms with Crippen LogP contribution in [0.2, 0.25) is 0 Å². The molecule has 1 aliphatic rings. The fraction of sp³-hybridized carbons (Fsp3) is 0.625. The van der Waals surface area contributed by atoms with E-state index in [2.05, 4.69) is 5.32 Å². The van der Waals surface area contributed by atoms with E-state index in [-0.39, 0.29) is 24.3 Å². The van der Waals surface area contributed by atoms with Gasteiger partial charge in [-0.05, 0) is 25.0 Å². The van der Waals surface area contributed by atoms with E-state index in [9.17, 15) is 9.50 Å². The van der Waals surface area contributed by atoms with Crippen molar-refractivity contribution in [2.45, 2.75) is 25.0 Å². The highest BCUT2D eigenvalue weighted by atomic mass is 19.1. The van der Waals surface area contributed by atoms with Crippen LogP contribution in [0.5, 0.6) is 5.75 Å². The molecule has 0 aromatic heterocycles. The van der Waals surface area contributed by atoms with Crippen LogP contribution in [-0.2, 0) is 9.47 Å². The summed E-state index contributed by atoms with van der Waals surface area (Å²) in [6.07, 6.45) is 1.71. The predicted octanol–water partition coefficient (Wildman–Crippen LogP) is 1.35. The van der Waals surface area contributed by atoms with Gasteiger partial charge in [0.2, 0.25) is 0 Å². The number of benzene rings is 1. The van der Waals surface area contributed by atoms with Gasteiger partial charge in [0.05, 0.1) is 25.4 Å². The van der Waals surface area contributed by atoms with E-state index in [1.165, 1.54) is 6.07 Å². The van der Waals surface area contributed by atoms with Gasteiger partial charge in [0.1, 0.15) is 6.61 Å². The first kappa shape index (κ1) is 17.1. The van der Waals surface area contributed by atoms with Crippen molar-refractivity contribution >= 4 is 0 Å². The molecular weight excluding hydrogens is 289 g/mol. The van der Waals surface area contributed by atoms with Gasteiger partial charge in [0, 0.05) is 19.7 Å². The molecule has 1 saturated heterocycles. The molecule has 2 N–H and O–H groups in total. The van der Waals surface area contributed by atoms with Gasteiger partial charge in [-0.3, -0.25) is 0 Å². The molecule has 0 aliphatic carbocycles. The van der Waals surface area contributed by atoms with Crippen LogP contribution in [-0.4, -0.2) is 56.8 Å². The van der Waals surface area contributed by atoms with Gasteiger partial charge in [-0.1, -0.05) is 12.1 Å². The summed E-state index contributed by atoms with van der Waals surface area (Å²) < 4.78 is 29.4. The SMILES string of the molecule is O[C@@H](CNCCOc1ccccc1F)COC[C@H]1CCCO1. The Morgan fingerprint density at radius 3 is 3.05 bits per heavy atom.